The monoisotopic (exact) mass is 188 g/mol. The molecule has 0 heterocycles. The van der Waals surface area contributed by atoms with Crippen molar-refractivity contribution in [2.45, 2.75) is 44.2 Å². The highest BCUT2D eigenvalue weighted by atomic mass is 16.7. The predicted octanol–water partition coefficient (Wildman–Crippen LogP) is 1.59. The third-order valence-corrected chi connectivity index (χ3v) is 2.58. The van der Waals surface area contributed by atoms with Gasteiger partial charge in [0.05, 0.1) is 22.7 Å². The zero-order chi connectivity index (χ0) is 9.90. The molecule has 1 saturated carbocycles. The minimum Gasteiger partial charge on any atom is -0.258 e. The van der Waals surface area contributed by atoms with E-state index in [0.29, 0.717) is 12.8 Å². The van der Waals surface area contributed by atoms with Crippen molar-refractivity contribution in [1.29, 1.82) is 0 Å². The summed E-state index contributed by atoms with van der Waals surface area (Å²) in [5.41, 5.74) is -1.89. The topological polar surface area (TPSA) is 86.3 Å². The molecule has 0 aromatic heterocycles. The summed E-state index contributed by atoms with van der Waals surface area (Å²) in [6.07, 6.45) is 3.05. The highest BCUT2D eigenvalue weighted by molar-refractivity contribution is 4.71. The van der Waals surface area contributed by atoms with Crippen molar-refractivity contribution < 1.29 is 9.85 Å². The molecule has 1 fully saturated rings. The molecule has 0 bridgehead atoms. The van der Waals surface area contributed by atoms with Crippen LogP contribution in [0.25, 0.3) is 0 Å². The Kier molecular flexibility index (Phi) is 2.79. The van der Waals surface area contributed by atoms with E-state index in [4.69, 9.17) is 0 Å². The van der Waals surface area contributed by atoms with Gasteiger partial charge in [0.1, 0.15) is 0 Å². The molecule has 0 spiro atoms. The molecular weight excluding hydrogens is 176 g/mol. The normalized spacial score (nSPS) is 21.8. The van der Waals surface area contributed by atoms with Gasteiger partial charge in [0.25, 0.3) is 0 Å². The minimum atomic E-state index is -1.89. The van der Waals surface area contributed by atoms with Crippen molar-refractivity contribution in [3.8, 4) is 0 Å². The molecule has 0 atom stereocenters. The summed E-state index contributed by atoms with van der Waals surface area (Å²) in [6, 6.07) is 0. The van der Waals surface area contributed by atoms with Crippen molar-refractivity contribution in [1.82, 2.24) is 0 Å². The first-order valence-corrected chi connectivity index (χ1v) is 4.38. The predicted molar refractivity (Wildman–Crippen MR) is 44.4 cm³/mol. The maximum absolute atomic E-state index is 10.6. The molecule has 1 rings (SSSR count). The second kappa shape index (κ2) is 3.68. The van der Waals surface area contributed by atoms with E-state index in [0.717, 1.165) is 12.8 Å². The van der Waals surface area contributed by atoms with Gasteiger partial charge in [0.2, 0.25) is 0 Å². The largest absolute Gasteiger partial charge is 0.458 e. The van der Waals surface area contributed by atoms with Crippen LogP contribution >= 0.6 is 0 Å². The van der Waals surface area contributed by atoms with Gasteiger partial charge in [0, 0.05) is 0 Å². The fourth-order valence-electron chi connectivity index (χ4n) is 1.73. The van der Waals surface area contributed by atoms with Crippen LogP contribution in [0, 0.1) is 20.2 Å². The molecule has 6 nitrogen and oxygen atoms in total. The first kappa shape index (κ1) is 9.88. The maximum atomic E-state index is 10.6. The molecule has 0 saturated heterocycles. The number of rotatable bonds is 2. The average Bonchev–Trinajstić information content (AvgIpc) is 2.28. The Balaban J connectivity index is 2.86. The molecule has 0 amide bonds. The van der Waals surface area contributed by atoms with E-state index in [2.05, 4.69) is 0 Å². The Labute approximate surface area is 75.2 Å². The van der Waals surface area contributed by atoms with Crippen LogP contribution in [0.1, 0.15) is 38.5 Å². The molecule has 0 N–H and O–H groups in total. The lowest BCUT2D eigenvalue weighted by Gasteiger charge is -2.14. The summed E-state index contributed by atoms with van der Waals surface area (Å²) in [6.45, 7) is 0. The molecule has 1 aliphatic carbocycles. The van der Waals surface area contributed by atoms with Crippen molar-refractivity contribution >= 4 is 0 Å². The Bertz CT molecular complexity index is 205. The maximum Gasteiger partial charge on any atom is 0.458 e. The number of hydrogen-bond donors (Lipinski definition) is 0. The molecular formula is C7H12N2O4. The Morgan fingerprint density at radius 1 is 0.846 bits per heavy atom. The third-order valence-electron chi connectivity index (χ3n) is 2.58. The number of nitrogens with zero attached hydrogens (tertiary/aromatic N) is 2. The average molecular weight is 188 g/mol. The fourth-order valence-corrected chi connectivity index (χ4v) is 1.73. The molecule has 13 heavy (non-hydrogen) atoms. The lowest BCUT2D eigenvalue weighted by molar-refractivity contribution is -0.798. The summed E-state index contributed by atoms with van der Waals surface area (Å²) in [5, 5.41) is 21.3. The van der Waals surface area contributed by atoms with Gasteiger partial charge >= 0.3 is 5.66 Å². The Morgan fingerprint density at radius 3 is 1.54 bits per heavy atom. The fraction of sp³-hybridized carbons (Fsp3) is 1.00. The van der Waals surface area contributed by atoms with E-state index in [1.807, 2.05) is 0 Å². The zero-order valence-electron chi connectivity index (χ0n) is 7.27. The van der Waals surface area contributed by atoms with Gasteiger partial charge in [-0.15, -0.1) is 0 Å². The molecule has 1 aliphatic rings. The molecule has 0 aromatic rings. The minimum absolute atomic E-state index is 0.0764. The quantitative estimate of drug-likeness (QED) is 0.285. The molecule has 6 heteroatoms. The van der Waals surface area contributed by atoms with Gasteiger partial charge in [0.15, 0.2) is 0 Å². The second-order valence-corrected chi connectivity index (χ2v) is 3.41. The van der Waals surface area contributed by atoms with E-state index in [1.165, 1.54) is 0 Å². The first-order chi connectivity index (χ1) is 6.09. The summed E-state index contributed by atoms with van der Waals surface area (Å²) in [7, 11) is 0. The van der Waals surface area contributed by atoms with Crippen LogP contribution in [-0.2, 0) is 0 Å². The first-order valence-electron chi connectivity index (χ1n) is 4.38. The van der Waals surface area contributed by atoms with Crippen LogP contribution in [0.5, 0.6) is 0 Å². The van der Waals surface area contributed by atoms with Gasteiger partial charge < -0.3 is 0 Å². The van der Waals surface area contributed by atoms with Crippen LogP contribution in [0.15, 0.2) is 0 Å². The van der Waals surface area contributed by atoms with Gasteiger partial charge in [-0.25, -0.2) is 0 Å². The standard InChI is InChI=1S/C7H12N2O4/c10-8(11)7(9(12)13)5-3-1-2-4-6-7/h1-6H2. The van der Waals surface area contributed by atoms with E-state index < -0.39 is 15.5 Å². The highest BCUT2D eigenvalue weighted by Crippen LogP contribution is 2.30. The smallest absolute Gasteiger partial charge is 0.258 e. The van der Waals surface area contributed by atoms with E-state index in [9.17, 15) is 20.2 Å². The van der Waals surface area contributed by atoms with Gasteiger partial charge in [-0.1, -0.05) is 12.8 Å². The highest BCUT2D eigenvalue weighted by Gasteiger charge is 2.55. The van der Waals surface area contributed by atoms with Crippen molar-refractivity contribution in [3.05, 3.63) is 20.2 Å². The summed E-state index contributed by atoms with van der Waals surface area (Å²) in [4.78, 5) is 19.8. The summed E-state index contributed by atoms with van der Waals surface area (Å²) in [5.74, 6) is 0. The third kappa shape index (κ3) is 1.76. The Morgan fingerprint density at radius 2 is 1.23 bits per heavy atom. The second-order valence-electron chi connectivity index (χ2n) is 3.41. The summed E-state index contributed by atoms with van der Waals surface area (Å²) < 4.78 is 0. The zero-order valence-corrected chi connectivity index (χ0v) is 7.27. The van der Waals surface area contributed by atoms with Crippen molar-refractivity contribution in [2.75, 3.05) is 0 Å². The molecule has 0 aromatic carbocycles. The molecule has 0 unspecified atom stereocenters. The van der Waals surface area contributed by atoms with E-state index in [-0.39, 0.29) is 12.8 Å². The molecule has 74 valence electrons. The molecule has 0 aliphatic heterocycles. The van der Waals surface area contributed by atoms with Crippen LogP contribution < -0.4 is 0 Å². The summed E-state index contributed by atoms with van der Waals surface area (Å²) >= 11 is 0. The lowest BCUT2D eigenvalue weighted by Crippen LogP contribution is -2.45. The van der Waals surface area contributed by atoms with Gasteiger partial charge in [-0.05, 0) is 12.8 Å². The van der Waals surface area contributed by atoms with E-state index >= 15 is 0 Å². The van der Waals surface area contributed by atoms with Crippen LogP contribution in [0.4, 0.5) is 0 Å². The van der Waals surface area contributed by atoms with Crippen LogP contribution in [-0.4, -0.2) is 15.5 Å². The van der Waals surface area contributed by atoms with Crippen LogP contribution in [0.3, 0.4) is 0 Å². The van der Waals surface area contributed by atoms with Crippen LogP contribution in [0.2, 0.25) is 0 Å². The molecule has 0 radical (unpaired) electrons. The SMILES string of the molecule is O=[N+]([O-])C1([N+](=O)[O-])CCCCCC1. The number of nitro groups is 2. The van der Waals surface area contributed by atoms with Gasteiger partial charge in [-0.2, -0.15) is 0 Å². The lowest BCUT2D eigenvalue weighted by atomic mass is 10.0. The number of hydrogen-bond acceptors (Lipinski definition) is 4. The van der Waals surface area contributed by atoms with Gasteiger partial charge in [-0.3, -0.25) is 20.2 Å². The van der Waals surface area contributed by atoms with Crippen molar-refractivity contribution in [2.24, 2.45) is 0 Å². The Hall–Kier alpha value is -1.20. The van der Waals surface area contributed by atoms with Crippen molar-refractivity contribution in [3.63, 3.8) is 0 Å². The van der Waals surface area contributed by atoms with E-state index in [1.54, 1.807) is 0 Å².